The third kappa shape index (κ3) is 1.28. The van der Waals surface area contributed by atoms with Gasteiger partial charge in [-0.05, 0) is 43.4 Å². The first-order valence-electron chi connectivity index (χ1n) is 6.82. The first-order valence-corrected chi connectivity index (χ1v) is 6.82. The third-order valence-electron chi connectivity index (χ3n) is 4.54. The van der Waals surface area contributed by atoms with Gasteiger partial charge in [-0.1, -0.05) is 6.07 Å². The van der Waals surface area contributed by atoms with E-state index in [2.05, 4.69) is 22.0 Å². The highest BCUT2D eigenvalue weighted by molar-refractivity contribution is 5.91. The Morgan fingerprint density at radius 2 is 2.11 bits per heavy atom. The molecule has 2 aromatic rings. The summed E-state index contributed by atoms with van der Waals surface area (Å²) in [4.78, 5) is 6.03. The van der Waals surface area contributed by atoms with Gasteiger partial charge in [-0.2, -0.15) is 0 Å². The minimum absolute atomic E-state index is 0.388. The van der Waals surface area contributed by atoms with Crippen LogP contribution in [0.2, 0.25) is 0 Å². The highest BCUT2D eigenvalue weighted by Crippen LogP contribution is 2.46. The van der Waals surface area contributed by atoms with Crippen molar-refractivity contribution in [1.29, 1.82) is 0 Å². The van der Waals surface area contributed by atoms with Crippen molar-refractivity contribution in [3.8, 4) is 0 Å². The first-order chi connectivity index (χ1) is 8.74. The normalized spacial score (nSPS) is 20.4. The van der Waals surface area contributed by atoms with Crippen LogP contribution in [0.25, 0.3) is 10.9 Å². The summed E-state index contributed by atoms with van der Waals surface area (Å²) in [6.07, 6.45) is 2.17. The molecule has 1 aromatic heterocycles. The lowest BCUT2D eigenvalue weighted by Gasteiger charge is -2.40. The summed E-state index contributed by atoms with van der Waals surface area (Å²) in [6, 6.07) is 6.29. The van der Waals surface area contributed by atoms with Crippen molar-refractivity contribution in [2.75, 3.05) is 18.0 Å². The molecule has 3 heteroatoms. The minimum atomic E-state index is -0.388. The van der Waals surface area contributed by atoms with Gasteiger partial charge in [-0.25, -0.2) is 0 Å². The Labute approximate surface area is 106 Å². The number of hydrogen-bond acceptors (Lipinski definition) is 2. The lowest BCUT2D eigenvalue weighted by atomic mass is 9.84. The van der Waals surface area contributed by atoms with Gasteiger partial charge >= 0.3 is 0 Å². The molecule has 3 nitrogen and oxygen atoms in total. The highest BCUT2D eigenvalue weighted by Gasteiger charge is 2.33. The zero-order chi connectivity index (χ0) is 12.3. The monoisotopic (exact) mass is 242 g/mol. The van der Waals surface area contributed by atoms with Crippen molar-refractivity contribution in [2.45, 2.75) is 31.8 Å². The van der Waals surface area contributed by atoms with Crippen molar-refractivity contribution >= 4 is 16.7 Å². The van der Waals surface area contributed by atoms with Crippen LogP contribution in [0.1, 0.15) is 42.9 Å². The lowest BCUT2D eigenvalue weighted by Crippen LogP contribution is -2.38. The van der Waals surface area contributed by atoms with Gasteiger partial charge in [-0.15, -0.1) is 0 Å². The molecule has 0 radical (unpaired) electrons. The quantitative estimate of drug-likeness (QED) is 0.807. The molecule has 1 atom stereocenters. The number of hydrogen-bond donors (Lipinski definition) is 2. The SMILES string of the molecule is CC(O)c1ccc2[nH]c3c(c2c1)C1CCN3CC1. The molecule has 0 saturated carbocycles. The van der Waals surface area contributed by atoms with Crippen LogP contribution in [0, 0.1) is 0 Å². The Morgan fingerprint density at radius 1 is 1.33 bits per heavy atom. The predicted octanol–water partition coefficient (Wildman–Crippen LogP) is 2.92. The van der Waals surface area contributed by atoms with E-state index in [-0.39, 0.29) is 6.10 Å². The van der Waals surface area contributed by atoms with E-state index < -0.39 is 0 Å². The number of nitrogens with zero attached hydrogens (tertiary/aromatic N) is 1. The van der Waals surface area contributed by atoms with E-state index in [0.717, 1.165) is 5.56 Å². The number of aliphatic hydroxyl groups is 1. The van der Waals surface area contributed by atoms with Crippen LogP contribution in [0.4, 0.5) is 5.82 Å². The van der Waals surface area contributed by atoms with E-state index in [1.54, 1.807) is 0 Å². The second kappa shape index (κ2) is 3.51. The average Bonchev–Trinajstić information content (AvgIpc) is 2.80. The number of aromatic nitrogens is 1. The van der Waals surface area contributed by atoms with Crippen molar-refractivity contribution in [1.82, 2.24) is 4.98 Å². The van der Waals surface area contributed by atoms with E-state index in [0.29, 0.717) is 5.92 Å². The molecule has 1 aromatic carbocycles. The van der Waals surface area contributed by atoms with E-state index in [1.165, 1.54) is 48.2 Å². The number of H-pyrrole nitrogens is 1. The van der Waals surface area contributed by atoms with Gasteiger partial charge in [0.2, 0.25) is 0 Å². The summed E-state index contributed by atoms with van der Waals surface area (Å²) in [5.41, 5.74) is 3.72. The fourth-order valence-electron chi connectivity index (χ4n) is 3.53. The second-order valence-corrected chi connectivity index (χ2v) is 5.63. The van der Waals surface area contributed by atoms with Crippen LogP contribution in [-0.4, -0.2) is 23.2 Å². The van der Waals surface area contributed by atoms with Gasteiger partial charge in [0, 0.05) is 29.6 Å². The zero-order valence-electron chi connectivity index (χ0n) is 10.6. The molecule has 3 aliphatic rings. The molecular formula is C15H18N2O. The molecule has 4 heterocycles. The molecular weight excluding hydrogens is 224 g/mol. The number of piperidine rings is 1. The standard InChI is InChI=1S/C15H18N2O/c1-9(18)11-2-3-13-12(8-11)14-10-4-6-17(7-5-10)15(14)16-13/h2-3,8-10,16,18H,4-7H2,1H3. The average molecular weight is 242 g/mol. The van der Waals surface area contributed by atoms with E-state index in [1.807, 2.05) is 13.0 Å². The van der Waals surface area contributed by atoms with Crippen LogP contribution in [0.3, 0.4) is 0 Å². The largest absolute Gasteiger partial charge is 0.389 e. The molecule has 1 unspecified atom stereocenters. The molecule has 3 aliphatic heterocycles. The predicted molar refractivity (Wildman–Crippen MR) is 73.1 cm³/mol. The zero-order valence-corrected chi connectivity index (χ0v) is 10.6. The van der Waals surface area contributed by atoms with Gasteiger partial charge in [0.1, 0.15) is 5.82 Å². The highest BCUT2D eigenvalue weighted by atomic mass is 16.3. The Hall–Kier alpha value is -1.48. The van der Waals surface area contributed by atoms with Gasteiger partial charge < -0.3 is 15.0 Å². The smallest absolute Gasteiger partial charge is 0.110 e. The summed E-state index contributed by atoms with van der Waals surface area (Å²) in [7, 11) is 0. The van der Waals surface area contributed by atoms with Gasteiger partial charge in [0.15, 0.2) is 0 Å². The van der Waals surface area contributed by atoms with Crippen LogP contribution in [0.5, 0.6) is 0 Å². The minimum Gasteiger partial charge on any atom is -0.389 e. The molecule has 1 fully saturated rings. The maximum absolute atomic E-state index is 9.74. The number of rotatable bonds is 1. The van der Waals surface area contributed by atoms with Gasteiger partial charge in [0.05, 0.1) is 6.10 Å². The van der Waals surface area contributed by atoms with Crippen molar-refractivity contribution in [3.63, 3.8) is 0 Å². The summed E-state index contributed by atoms with van der Waals surface area (Å²) < 4.78 is 0. The van der Waals surface area contributed by atoms with Crippen LogP contribution < -0.4 is 4.90 Å². The van der Waals surface area contributed by atoms with Crippen molar-refractivity contribution in [3.05, 3.63) is 29.3 Å². The molecule has 2 bridgehead atoms. The number of nitrogens with one attached hydrogen (secondary N) is 1. The first kappa shape index (κ1) is 10.4. The maximum Gasteiger partial charge on any atom is 0.110 e. The topological polar surface area (TPSA) is 39.3 Å². The van der Waals surface area contributed by atoms with E-state index >= 15 is 0 Å². The van der Waals surface area contributed by atoms with Crippen LogP contribution in [-0.2, 0) is 0 Å². The molecule has 0 spiro atoms. The summed E-state index contributed by atoms with van der Waals surface area (Å²) in [6.45, 7) is 4.21. The van der Waals surface area contributed by atoms with E-state index in [4.69, 9.17) is 0 Å². The van der Waals surface area contributed by atoms with Crippen LogP contribution >= 0.6 is 0 Å². The number of anilines is 1. The summed E-state index contributed by atoms with van der Waals surface area (Å²) >= 11 is 0. The van der Waals surface area contributed by atoms with Crippen molar-refractivity contribution in [2.24, 2.45) is 0 Å². The Kier molecular flexibility index (Phi) is 2.04. The number of aliphatic hydroxyl groups excluding tert-OH is 1. The molecule has 0 aliphatic carbocycles. The molecule has 0 amide bonds. The maximum atomic E-state index is 9.74. The van der Waals surface area contributed by atoms with E-state index in [9.17, 15) is 5.11 Å². The van der Waals surface area contributed by atoms with Crippen LogP contribution in [0.15, 0.2) is 18.2 Å². The van der Waals surface area contributed by atoms with Gasteiger partial charge in [0.25, 0.3) is 0 Å². The molecule has 2 N–H and O–H groups in total. The lowest BCUT2D eigenvalue weighted by molar-refractivity contribution is 0.199. The third-order valence-corrected chi connectivity index (χ3v) is 4.54. The number of aromatic amines is 1. The fourth-order valence-corrected chi connectivity index (χ4v) is 3.53. The Morgan fingerprint density at radius 3 is 2.83 bits per heavy atom. The summed E-state index contributed by atoms with van der Waals surface area (Å²) in [5.74, 6) is 2.04. The molecule has 1 saturated heterocycles. The fraction of sp³-hybridized carbons (Fsp3) is 0.467. The number of fused-ring (bicyclic) bond motifs is 3. The molecule has 5 rings (SSSR count). The van der Waals surface area contributed by atoms with Crippen molar-refractivity contribution < 1.29 is 5.11 Å². The Balaban J connectivity index is 1.98. The van der Waals surface area contributed by atoms with Gasteiger partial charge in [-0.3, -0.25) is 0 Å². The molecule has 94 valence electrons. The number of benzene rings is 1. The summed E-state index contributed by atoms with van der Waals surface area (Å²) in [5, 5.41) is 11.1. The Bertz CT molecular complexity index is 606. The molecule has 18 heavy (non-hydrogen) atoms. The second-order valence-electron chi connectivity index (χ2n) is 5.63.